The zero-order valence-electron chi connectivity index (χ0n) is 13.3. The Hall–Kier alpha value is -1.18. The normalized spacial score (nSPS) is 17.0. The summed E-state index contributed by atoms with van der Waals surface area (Å²) in [6.07, 6.45) is 3.09. The molecule has 7 heteroatoms. The third-order valence-electron chi connectivity index (χ3n) is 4.00. The van der Waals surface area contributed by atoms with Crippen LogP contribution in [-0.4, -0.2) is 23.7 Å². The SMILES string of the molecule is Cc1cnc(C2(N(C(C)C)S(=O)(=O)c3ccc(Br)cc3)CC2)o1. The third-order valence-corrected chi connectivity index (χ3v) is 6.69. The standard InChI is InChI=1S/C16H19BrN2O3S/c1-11(2)19(16(8-9-16)15-18-10-12(3)22-15)23(20,21)14-6-4-13(17)5-7-14/h4-7,10-11H,8-9H2,1-3H3. The molecule has 0 spiro atoms. The molecule has 0 atom stereocenters. The van der Waals surface area contributed by atoms with Gasteiger partial charge in [-0.3, -0.25) is 0 Å². The summed E-state index contributed by atoms with van der Waals surface area (Å²) in [6, 6.07) is 6.51. The Morgan fingerprint density at radius 2 is 1.87 bits per heavy atom. The Morgan fingerprint density at radius 1 is 1.26 bits per heavy atom. The fraction of sp³-hybridized carbons (Fsp3) is 0.438. The van der Waals surface area contributed by atoms with E-state index in [1.54, 1.807) is 34.8 Å². The fourth-order valence-electron chi connectivity index (χ4n) is 2.94. The zero-order valence-corrected chi connectivity index (χ0v) is 15.7. The summed E-state index contributed by atoms with van der Waals surface area (Å²) in [6.45, 7) is 5.58. The van der Waals surface area contributed by atoms with Gasteiger partial charge in [0.25, 0.3) is 0 Å². The molecule has 1 aromatic carbocycles. The number of hydrogen-bond acceptors (Lipinski definition) is 4. The fourth-order valence-corrected chi connectivity index (χ4v) is 5.19. The van der Waals surface area contributed by atoms with E-state index in [4.69, 9.17) is 4.42 Å². The van der Waals surface area contributed by atoms with Gasteiger partial charge in [0, 0.05) is 10.5 Å². The van der Waals surface area contributed by atoms with Crippen molar-refractivity contribution in [2.45, 2.75) is 50.1 Å². The first kappa shape index (κ1) is 16.7. The van der Waals surface area contributed by atoms with Crippen LogP contribution in [0, 0.1) is 6.92 Å². The van der Waals surface area contributed by atoms with E-state index in [2.05, 4.69) is 20.9 Å². The van der Waals surface area contributed by atoms with Gasteiger partial charge in [0.15, 0.2) is 0 Å². The van der Waals surface area contributed by atoms with Crippen LogP contribution in [0.3, 0.4) is 0 Å². The summed E-state index contributed by atoms with van der Waals surface area (Å²) in [4.78, 5) is 4.58. The van der Waals surface area contributed by atoms with Gasteiger partial charge in [0.2, 0.25) is 15.9 Å². The van der Waals surface area contributed by atoms with Gasteiger partial charge in [-0.2, -0.15) is 4.31 Å². The number of sulfonamides is 1. The number of nitrogens with zero attached hydrogens (tertiary/aromatic N) is 2. The van der Waals surface area contributed by atoms with E-state index in [-0.39, 0.29) is 10.9 Å². The number of aryl methyl sites for hydroxylation is 1. The molecule has 0 aliphatic heterocycles. The lowest BCUT2D eigenvalue weighted by Crippen LogP contribution is -2.45. The van der Waals surface area contributed by atoms with Crippen molar-refractivity contribution < 1.29 is 12.8 Å². The first-order valence-electron chi connectivity index (χ1n) is 7.50. The smallest absolute Gasteiger partial charge is 0.244 e. The second kappa shape index (κ2) is 5.72. The van der Waals surface area contributed by atoms with E-state index in [1.807, 2.05) is 20.8 Å². The maximum atomic E-state index is 13.2. The largest absolute Gasteiger partial charge is 0.444 e. The topological polar surface area (TPSA) is 63.4 Å². The van der Waals surface area contributed by atoms with Crippen LogP contribution in [0.2, 0.25) is 0 Å². The quantitative estimate of drug-likeness (QED) is 0.767. The van der Waals surface area contributed by atoms with Crippen molar-refractivity contribution in [1.82, 2.24) is 9.29 Å². The Bertz CT molecular complexity index is 808. The molecular formula is C16H19BrN2O3S. The second-order valence-corrected chi connectivity index (χ2v) is 8.89. The minimum Gasteiger partial charge on any atom is -0.444 e. The van der Waals surface area contributed by atoms with Crippen LogP contribution in [0.1, 0.15) is 38.3 Å². The molecule has 1 heterocycles. The number of benzene rings is 1. The first-order valence-corrected chi connectivity index (χ1v) is 9.74. The van der Waals surface area contributed by atoms with Crippen molar-refractivity contribution >= 4 is 26.0 Å². The molecule has 23 heavy (non-hydrogen) atoms. The van der Waals surface area contributed by atoms with Crippen LogP contribution in [0.25, 0.3) is 0 Å². The number of oxazole rings is 1. The van der Waals surface area contributed by atoms with Crippen molar-refractivity contribution in [3.8, 4) is 0 Å². The molecule has 0 N–H and O–H groups in total. The van der Waals surface area contributed by atoms with Gasteiger partial charge in [0.1, 0.15) is 11.3 Å². The predicted molar refractivity (Wildman–Crippen MR) is 90.5 cm³/mol. The maximum absolute atomic E-state index is 13.2. The van der Waals surface area contributed by atoms with Crippen molar-refractivity contribution in [3.05, 3.63) is 46.6 Å². The highest BCUT2D eigenvalue weighted by atomic mass is 79.9. The van der Waals surface area contributed by atoms with Crippen molar-refractivity contribution in [3.63, 3.8) is 0 Å². The highest BCUT2D eigenvalue weighted by Crippen LogP contribution is 2.53. The lowest BCUT2D eigenvalue weighted by Gasteiger charge is -2.32. The maximum Gasteiger partial charge on any atom is 0.244 e. The van der Waals surface area contributed by atoms with Crippen LogP contribution in [0.5, 0.6) is 0 Å². The Morgan fingerprint density at radius 3 is 2.30 bits per heavy atom. The monoisotopic (exact) mass is 398 g/mol. The van der Waals surface area contributed by atoms with E-state index in [0.717, 1.165) is 17.3 Å². The summed E-state index contributed by atoms with van der Waals surface area (Å²) >= 11 is 3.34. The van der Waals surface area contributed by atoms with Gasteiger partial charge in [-0.05, 0) is 57.9 Å². The molecule has 0 radical (unpaired) electrons. The summed E-state index contributed by atoms with van der Waals surface area (Å²) < 4.78 is 34.4. The highest BCUT2D eigenvalue weighted by molar-refractivity contribution is 9.10. The minimum atomic E-state index is -3.64. The number of hydrogen-bond donors (Lipinski definition) is 0. The lowest BCUT2D eigenvalue weighted by molar-refractivity contribution is 0.214. The lowest BCUT2D eigenvalue weighted by atomic mass is 10.2. The number of aromatic nitrogens is 1. The van der Waals surface area contributed by atoms with E-state index in [9.17, 15) is 8.42 Å². The minimum absolute atomic E-state index is 0.196. The number of halogens is 1. The van der Waals surface area contributed by atoms with E-state index >= 15 is 0 Å². The predicted octanol–water partition coefficient (Wildman–Crippen LogP) is 3.83. The molecule has 124 valence electrons. The van der Waals surface area contributed by atoms with Crippen LogP contribution in [0.4, 0.5) is 0 Å². The summed E-state index contributed by atoms with van der Waals surface area (Å²) in [5, 5.41) is 0. The van der Waals surface area contributed by atoms with Gasteiger partial charge < -0.3 is 4.42 Å². The molecular weight excluding hydrogens is 380 g/mol. The van der Waals surface area contributed by atoms with E-state index in [1.165, 1.54) is 0 Å². The highest BCUT2D eigenvalue weighted by Gasteiger charge is 2.58. The molecule has 1 aromatic heterocycles. The Labute approximate surface area is 144 Å². The summed E-state index contributed by atoms with van der Waals surface area (Å²) in [7, 11) is -3.64. The molecule has 1 saturated carbocycles. The van der Waals surface area contributed by atoms with Crippen molar-refractivity contribution in [2.24, 2.45) is 0 Å². The third kappa shape index (κ3) is 2.86. The molecule has 0 unspecified atom stereocenters. The van der Waals surface area contributed by atoms with Gasteiger partial charge in [-0.25, -0.2) is 13.4 Å². The van der Waals surface area contributed by atoms with E-state index < -0.39 is 15.6 Å². The average molecular weight is 399 g/mol. The van der Waals surface area contributed by atoms with Gasteiger partial charge in [-0.1, -0.05) is 15.9 Å². The molecule has 1 aliphatic rings. The molecule has 1 fully saturated rings. The molecule has 5 nitrogen and oxygen atoms in total. The van der Waals surface area contributed by atoms with Crippen LogP contribution >= 0.6 is 15.9 Å². The average Bonchev–Trinajstić information content (AvgIpc) is 3.12. The molecule has 0 bridgehead atoms. The van der Waals surface area contributed by atoms with Crippen molar-refractivity contribution in [2.75, 3.05) is 0 Å². The van der Waals surface area contributed by atoms with Gasteiger partial charge in [0.05, 0.1) is 11.1 Å². The van der Waals surface area contributed by atoms with Gasteiger partial charge >= 0.3 is 0 Å². The summed E-state index contributed by atoms with van der Waals surface area (Å²) in [5.41, 5.74) is -0.658. The van der Waals surface area contributed by atoms with E-state index in [0.29, 0.717) is 11.7 Å². The Balaban J connectivity index is 2.07. The molecule has 0 saturated heterocycles. The zero-order chi connectivity index (χ0) is 16.8. The van der Waals surface area contributed by atoms with Crippen LogP contribution in [0.15, 0.2) is 44.2 Å². The Kier molecular flexibility index (Phi) is 4.14. The summed E-state index contributed by atoms with van der Waals surface area (Å²) in [5.74, 6) is 1.18. The number of rotatable bonds is 5. The first-order chi connectivity index (χ1) is 10.8. The van der Waals surface area contributed by atoms with Crippen LogP contribution < -0.4 is 0 Å². The molecule has 2 aromatic rings. The molecule has 1 aliphatic carbocycles. The van der Waals surface area contributed by atoms with Crippen molar-refractivity contribution in [1.29, 1.82) is 0 Å². The molecule has 3 rings (SSSR count). The second-order valence-electron chi connectivity index (χ2n) is 6.16. The molecule has 0 amide bonds. The van der Waals surface area contributed by atoms with Gasteiger partial charge in [-0.15, -0.1) is 0 Å². The van der Waals surface area contributed by atoms with Crippen LogP contribution in [-0.2, 0) is 15.6 Å².